The molecule has 1 heterocycles. The van der Waals surface area contributed by atoms with Crippen LogP contribution in [0.25, 0.3) is 0 Å². The topological polar surface area (TPSA) is 86.6 Å². The number of hydrogen-bond donors (Lipinski definition) is 3. The van der Waals surface area contributed by atoms with Crippen molar-refractivity contribution in [2.24, 2.45) is 35.5 Å². The average molecular weight is 376 g/mol. The normalized spacial score (nSPS) is 41.9. The monoisotopic (exact) mass is 375 g/mol. The molecule has 1 fully saturated rings. The molecule has 1 amide bonds. The minimum absolute atomic E-state index is 0.00589. The highest BCUT2D eigenvalue weighted by molar-refractivity contribution is 6.22. The van der Waals surface area contributed by atoms with Crippen molar-refractivity contribution < 1.29 is 19.8 Å². The Balaban J connectivity index is 2.09. The van der Waals surface area contributed by atoms with Gasteiger partial charge in [-0.15, -0.1) is 0 Å². The van der Waals surface area contributed by atoms with Crippen molar-refractivity contribution in [3.8, 4) is 0 Å². The number of rotatable bonds is 4. The molecule has 1 aliphatic heterocycles. The van der Waals surface area contributed by atoms with Gasteiger partial charge in [0, 0.05) is 5.92 Å². The van der Waals surface area contributed by atoms with Gasteiger partial charge in [-0.05, 0) is 56.3 Å². The van der Waals surface area contributed by atoms with Crippen molar-refractivity contribution in [2.75, 3.05) is 0 Å². The fourth-order valence-corrected chi connectivity index (χ4v) is 5.94. The van der Waals surface area contributed by atoms with E-state index in [1.54, 1.807) is 6.92 Å². The van der Waals surface area contributed by atoms with Gasteiger partial charge in [0.15, 0.2) is 5.78 Å². The number of fused-ring (bicyclic) bond motifs is 1. The molecule has 2 aliphatic carbocycles. The van der Waals surface area contributed by atoms with Crippen LogP contribution in [0, 0.1) is 35.5 Å². The third-order valence-electron chi connectivity index (χ3n) is 7.27. The molecular weight excluding hydrogens is 342 g/mol. The van der Waals surface area contributed by atoms with Crippen LogP contribution in [0.2, 0.25) is 0 Å². The van der Waals surface area contributed by atoms with E-state index >= 15 is 0 Å². The molecule has 5 nitrogen and oxygen atoms in total. The summed E-state index contributed by atoms with van der Waals surface area (Å²) in [6.45, 7) is 9.97. The van der Waals surface area contributed by atoms with Crippen LogP contribution < -0.4 is 5.32 Å². The molecule has 1 saturated carbocycles. The number of aliphatic hydroxyl groups excluding tert-OH is 2. The van der Waals surface area contributed by atoms with E-state index in [0.29, 0.717) is 0 Å². The number of allylic oxidation sites excluding steroid dienone is 2. The van der Waals surface area contributed by atoms with E-state index in [1.165, 1.54) is 5.57 Å². The number of ketones is 1. The predicted molar refractivity (Wildman–Crippen MR) is 104 cm³/mol. The first-order chi connectivity index (χ1) is 12.7. The third kappa shape index (κ3) is 3.14. The van der Waals surface area contributed by atoms with Crippen LogP contribution in [0.5, 0.6) is 0 Å². The van der Waals surface area contributed by atoms with Crippen LogP contribution in [0.15, 0.2) is 23.0 Å². The maximum Gasteiger partial charge on any atom is 0.259 e. The van der Waals surface area contributed by atoms with Gasteiger partial charge in [0.2, 0.25) is 0 Å². The van der Waals surface area contributed by atoms with Crippen LogP contribution in [-0.2, 0) is 9.59 Å². The van der Waals surface area contributed by atoms with Gasteiger partial charge in [-0.25, -0.2) is 0 Å². The van der Waals surface area contributed by atoms with Gasteiger partial charge in [-0.1, -0.05) is 38.8 Å². The number of carbonyl (C=O) groups excluding carboxylic acids is 2. The largest absolute Gasteiger partial charge is 0.509 e. The lowest BCUT2D eigenvalue weighted by Gasteiger charge is -2.51. The van der Waals surface area contributed by atoms with Crippen LogP contribution in [0.4, 0.5) is 0 Å². The standard InChI is InChI=1S/C22H33NO4/c1-6-14-10(3)8-13-9-11(4)19(24)15(7-2)16(13)17(14)21(26)18-20(25)12(5)23-22(18)27/h8,11-17,19,24-25H,6-7,9H2,1-5H3,(H,23,27). The van der Waals surface area contributed by atoms with Gasteiger partial charge < -0.3 is 15.5 Å². The second kappa shape index (κ2) is 7.42. The van der Waals surface area contributed by atoms with Crippen molar-refractivity contribution in [2.45, 2.75) is 66.0 Å². The highest BCUT2D eigenvalue weighted by atomic mass is 16.3. The highest BCUT2D eigenvalue weighted by Gasteiger charge is 2.52. The van der Waals surface area contributed by atoms with Gasteiger partial charge >= 0.3 is 0 Å². The summed E-state index contributed by atoms with van der Waals surface area (Å²) < 4.78 is 0. The molecule has 3 rings (SSSR count). The molecule has 0 aromatic carbocycles. The molecule has 0 saturated heterocycles. The number of aliphatic hydroxyl groups is 2. The molecule has 8 unspecified atom stereocenters. The van der Waals surface area contributed by atoms with Gasteiger partial charge in [0.05, 0.1) is 12.1 Å². The molecule has 0 aromatic heterocycles. The Kier molecular flexibility index (Phi) is 5.53. The Labute approximate surface area is 161 Å². The molecule has 3 N–H and O–H groups in total. The molecule has 3 aliphatic rings. The fourth-order valence-electron chi connectivity index (χ4n) is 5.94. The van der Waals surface area contributed by atoms with E-state index in [0.717, 1.165) is 19.3 Å². The fraction of sp³-hybridized carbons (Fsp3) is 0.727. The summed E-state index contributed by atoms with van der Waals surface area (Å²) in [5, 5.41) is 23.9. The van der Waals surface area contributed by atoms with Gasteiger partial charge in [0.25, 0.3) is 5.91 Å². The lowest BCUT2D eigenvalue weighted by atomic mass is 9.54. The minimum atomic E-state index is -0.522. The third-order valence-corrected chi connectivity index (χ3v) is 7.27. The quantitative estimate of drug-likeness (QED) is 0.520. The Morgan fingerprint density at radius 2 is 1.93 bits per heavy atom. The second-order valence-corrected chi connectivity index (χ2v) is 8.79. The van der Waals surface area contributed by atoms with E-state index in [9.17, 15) is 19.8 Å². The SMILES string of the molecule is CCC1C(C)=CC2CC(C)C(O)C(CC)C2C1C(=O)C1=C(O)C(C)NC1=O. The first kappa shape index (κ1) is 20.1. The lowest BCUT2D eigenvalue weighted by Crippen LogP contribution is -2.51. The number of Topliss-reactive ketones (excluding diaryl/α,β-unsaturated/α-hetero) is 1. The zero-order valence-corrected chi connectivity index (χ0v) is 17.0. The lowest BCUT2D eigenvalue weighted by molar-refractivity contribution is -0.132. The minimum Gasteiger partial charge on any atom is -0.509 e. The molecule has 0 bridgehead atoms. The Hall–Kier alpha value is -1.62. The smallest absolute Gasteiger partial charge is 0.259 e. The van der Waals surface area contributed by atoms with Gasteiger partial charge in [-0.2, -0.15) is 0 Å². The van der Waals surface area contributed by atoms with E-state index in [4.69, 9.17) is 0 Å². The van der Waals surface area contributed by atoms with E-state index in [-0.39, 0.29) is 52.6 Å². The molecule has 0 radical (unpaired) electrons. The number of hydrogen-bond acceptors (Lipinski definition) is 4. The summed E-state index contributed by atoms with van der Waals surface area (Å²) >= 11 is 0. The van der Waals surface area contributed by atoms with Crippen molar-refractivity contribution in [3.63, 3.8) is 0 Å². The second-order valence-electron chi connectivity index (χ2n) is 8.79. The van der Waals surface area contributed by atoms with Crippen LogP contribution >= 0.6 is 0 Å². The van der Waals surface area contributed by atoms with Crippen LogP contribution in [0.1, 0.15) is 53.9 Å². The van der Waals surface area contributed by atoms with Crippen molar-refractivity contribution >= 4 is 11.7 Å². The first-order valence-corrected chi connectivity index (χ1v) is 10.4. The van der Waals surface area contributed by atoms with Crippen molar-refractivity contribution in [1.29, 1.82) is 0 Å². The Morgan fingerprint density at radius 1 is 1.26 bits per heavy atom. The van der Waals surface area contributed by atoms with Crippen LogP contribution in [0.3, 0.4) is 0 Å². The Bertz CT molecular complexity index is 694. The Morgan fingerprint density at radius 3 is 2.44 bits per heavy atom. The summed E-state index contributed by atoms with van der Waals surface area (Å²) in [5.41, 5.74) is 1.13. The van der Waals surface area contributed by atoms with Gasteiger partial charge in [0.1, 0.15) is 11.3 Å². The van der Waals surface area contributed by atoms with E-state index in [2.05, 4.69) is 39.1 Å². The maximum atomic E-state index is 13.6. The molecular formula is C22H33NO4. The predicted octanol–water partition coefficient (Wildman–Crippen LogP) is 3.15. The van der Waals surface area contributed by atoms with E-state index < -0.39 is 18.1 Å². The summed E-state index contributed by atoms with van der Waals surface area (Å²) in [7, 11) is 0. The van der Waals surface area contributed by atoms with Crippen molar-refractivity contribution in [1.82, 2.24) is 5.32 Å². The van der Waals surface area contributed by atoms with E-state index in [1.807, 2.05) is 0 Å². The summed E-state index contributed by atoms with van der Waals surface area (Å²) in [6.07, 6.45) is 4.32. The molecule has 5 heteroatoms. The number of carbonyl (C=O) groups is 2. The molecule has 150 valence electrons. The highest BCUT2D eigenvalue weighted by Crippen LogP contribution is 2.52. The number of amides is 1. The van der Waals surface area contributed by atoms with Crippen molar-refractivity contribution in [3.05, 3.63) is 23.0 Å². The number of nitrogens with one attached hydrogen (secondary N) is 1. The first-order valence-electron chi connectivity index (χ1n) is 10.4. The maximum absolute atomic E-state index is 13.6. The zero-order chi connectivity index (χ0) is 20.0. The summed E-state index contributed by atoms with van der Waals surface area (Å²) in [4.78, 5) is 26.0. The molecule has 0 aromatic rings. The van der Waals surface area contributed by atoms with Crippen LogP contribution in [-0.4, -0.2) is 34.0 Å². The summed E-state index contributed by atoms with van der Waals surface area (Å²) in [6, 6.07) is -0.522. The molecule has 8 atom stereocenters. The zero-order valence-electron chi connectivity index (χ0n) is 17.0. The van der Waals surface area contributed by atoms with Gasteiger partial charge in [-0.3, -0.25) is 9.59 Å². The summed E-state index contributed by atoms with van der Waals surface area (Å²) in [5.74, 6) is -0.734. The molecule has 27 heavy (non-hydrogen) atoms. The average Bonchev–Trinajstić information content (AvgIpc) is 2.87. The molecule has 0 spiro atoms.